The van der Waals surface area contributed by atoms with Crippen molar-refractivity contribution < 1.29 is 14.0 Å². The lowest BCUT2D eigenvalue weighted by Gasteiger charge is -2.40. The van der Waals surface area contributed by atoms with E-state index in [2.05, 4.69) is 16.0 Å². The topological polar surface area (TPSA) is 70.2 Å². The molecule has 1 aromatic rings. The van der Waals surface area contributed by atoms with Crippen molar-refractivity contribution in [3.05, 3.63) is 30.1 Å². The normalized spacial score (nSPS) is 27.7. The number of fused-ring (bicyclic) bond motifs is 1. The number of hydrogen-bond acceptors (Lipinski definition) is 3. The van der Waals surface area contributed by atoms with E-state index in [9.17, 15) is 14.0 Å². The van der Waals surface area contributed by atoms with Crippen LogP contribution in [0.3, 0.4) is 0 Å². The van der Waals surface area contributed by atoms with Crippen LogP contribution in [-0.4, -0.2) is 29.9 Å². The van der Waals surface area contributed by atoms with Gasteiger partial charge in [0.05, 0.1) is 12.5 Å². The fraction of sp³-hybridized carbons (Fsp3) is 0.500. The van der Waals surface area contributed by atoms with Gasteiger partial charge >= 0.3 is 0 Å². The summed E-state index contributed by atoms with van der Waals surface area (Å²) in [6, 6.07) is 5.52. The number of carbonyl (C=O) groups excluding carboxylic acids is 2. The van der Waals surface area contributed by atoms with Gasteiger partial charge < -0.3 is 16.0 Å². The summed E-state index contributed by atoms with van der Waals surface area (Å²) in [7, 11) is 0. The summed E-state index contributed by atoms with van der Waals surface area (Å²) < 4.78 is 12.8. The van der Waals surface area contributed by atoms with Crippen LogP contribution in [0.1, 0.15) is 32.1 Å². The average Bonchev–Trinajstić information content (AvgIpc) is 2.50. The molecule has 0 spiro atoms. The summed E-state index contributed by atoms with van der Waals surface area (Å²) in [5, 5.41) is 9.00. The first-order chi connectivity index (χ1) is 10.6. The van der Waals surface area contributed by atoms with E-state index >= 15 is 0 Å². The molecular formula is C16H20FN3O2. The Kier molecular flexibility index (Phi) is 4.38. The van der Waals surface area contributed by atoms with Crippen LogP contribution < -0.4 is 16.0 Å². The molecule has 3 atom stereocenters. The standard InChI is InChI=1S/C16H20FN3O2/c17-10-5-7-11(8-6-10)18-15(21)9-14-16(22)20-13-4-2-1-3-12(13)19-14/h5-8,12-14,19H,1-4,9H2,(H,18,21)(H,20,22)/t12-,13-,14+/m1/s1. The van der Waals surface area contributed by atoms with Gasteiger partial charge in [-0.2, -0.15) is 0 Å². The molecule has 2 aliphatic rings. The number of benzene rings is 1. The molecule has 1 aromatic carbocycles. The molecule has 3 rings (SSSR count). The van der Waals surface area contributed by atoms with Crippen LogP contribution in [-0.2, 0) is 9.59 Å². The molecule has 0 radical (unpaired) electrons. The molecule has 118 valence electrons. The molecule has 1 saturated carbocycles. The summed E-state index contributed by atoms with van der Waals surface area (Å²) in [5.41, 5.74) is 0.526. The zero-order valence-electron chi connectivity index (χ0n) is 12.3. The summed E-state index contributed by atoms with van der Waals surface area (Å²) in [6.07, 6.45) is 4.39. The van der Waals surface area contributed by atoms with Crippen molar-refractivity contribution in [2.24, 2.45) is 0 Å². The third kappa shape index (κ3) is 3.44. The van der Waals surface area contributed by atoms with E-state index in [1.807, 2.05) is 0 Å². The van der Waals surface area contributed by atoms with Gasteiger partial charge in [-0.15, -0.1) is 0 Å². The maximum absolute atomic E-state index is 12.8. The van der Waals surface area contributed by atoms with Gasteiger partial charge in [0.25, 0.3) is 0 Å². The number of rotatable bonds is 3. The fourth-order valence-corrected chi connectivity index (χ4v) is 3.20. The number of nitrogens with one attached hydrogen (secondary N) is 3. The molecule has 1 aliphatic carbocycles. The quantitative estimate of drug-likeness (QED) is 0.793. The largest absolute Gasteiger partial charge is 0.350 e. The second-order valence-corrected chi connectivity index (χ2v) is 5.98. The van der Waals surface area contributed by atoms with Gasteiger partial charge in [0, 0.05) is 17.8 Å². The van der Waals surface area contributed by atoms with Crippen LogP contribution in [0.4, 0.5) is 10.1 Å². The van der Waals surface area contributed by atoms with E-state index in [1.165, 1.54) is 24.3 Å². The number of halogens is 1. The Morgan fingerprint density at radius 1 is 1.18 bits per heavy atom. The molecule has 0 bridgehead atoms. The minimum absolute atomic E-state index is 0.0758. The molecule has 22 heavy (non-hydrogen) atoms. The fourth-order valence-electron chi connectivity index (χ4n) is 3.20. The van der Waals surface area contributed by atoms with Gasteiger partial charge in [0.15, 0.2) is 0 Å². The van der Waals surface area contributed by atoms with Gasteiger partial charge in [0.2, 0.25) is 11.8 Å². The lowest BCUT2D eigenvalue weighted by molar-refractivity contribution is -0.129. The van der Waals surface area contributed by atoms with Crippen molar-refractivity contribution in [1.82, 2.24) is 10.6 Å². The molecule has 3 N–H and O–H groups in total. The van der Waals surface area contributed by atoms with Gasteiger partial charge in [-0.25, -0.2) is 4.39 Å². The summed E-state index contributed by atoms with van der Waals surface area (Å²) >= 11 is 0. The van der Waals surface area contributed by atoms with Crippen molar-refractivity contribution in [2.75, 3.05) is 5.32 Å². The van der Waals surface area contributed by atoms with E-state index in [4.69, 9.17) is 0 Å². The highest BCUT2D eigenvalue weighted by Gasteiger charge is 2.36. The SMILES string of the molecule is O=C(C[C@@H]1N[C@@H]2CCCC[C@H]2NC1=O)Nc1ccc(F)cc1. The molecule has 1 saturated heterocycles. The van der Waals surface area contributed by atoms with Crippen LogP contribution in [0.2, 0.25) is 0 Å². The summed E-state index contributed by atoms with van der Waals surface area (Å²) in [4.78, 5) is 24.1. The second-order valence-electron chi connectivity index (χ2n) is 5.98. The van der Waals surface area contributed by atoms with E-state index < -0.39 is 6.04 Å². The van der Waals surface area contributed by atoms with Crippen LogP contribution >= 0.6 is 0 Å². The Balaban J connectivity index is 1.56. The van der Waals surface area contributed by atoms with Gasteiger partial charge in [-0.3, -0.25) is 9.59 Å². The predicted octanol–water partition coefficient (Wildman–Crippen LogP) is 1.55. The smallest absolute Gasteiger partial charge is 0.237 e. The first-order valence-corrected chi connectivity index (χ1v) is 7.73. The summed E-state index contributed by atoms with van der Waals surface area (Å²) in [6.45, 7) is 0. The Hall–Kier alpha value is -1.95. The maximum atomic E-state index is 12.8. The van der Waals surface area contributed by atoms with Crippen molar-refractivity contribution >= 4 is 17.5 Å². The van der Waals surface area contributed by atoms with E-state index in [-0.39, 0.29) is 36.1 Å². The number of carbonyl (C=O) groups is 2. The van der Waals surface area contributed by atoms with Gasteiger partial charge in [-0.1, -0.05) is 12.8 Å². The van der Waals surface area contributed by atoms with E-state index in [0.29, 0.717) is 5.69 Å². The summed E-state index contributed by atoms with van der Waals surface area (Å²) in [5.74, 6) is -0.722. The molecule has 0 aromatic heterocycles. The third-order valence-corrected chi connectivity index (χ3v) is 4.34. The lowest BCUT2D eigenvalue weighted by atomic mass is 9.87. The zero-order valence-corrected chi connectivity index (χ0v) is 12.3. The lowest BCUT2D eigenvalue weighted by Crippen LogP contribution is -2.65. The monoisotopic (exact) mass is 305 g/mol. The van der Waals surface area contributed by atoms with Crippen LogP contribution in [0.25, 0.3) is 0 Å². The molecule has 0 unspecified atom stereocenters. The Labute approximate surface area is 128 Å². The highest BCUT2D eigenvalue weighted by atomic mass is 19.1. The first kappa shape index (κ1) is 15.0. The second kappa shape index (κ2) is 6.44. The van der Waals surface area contributed by atoms with E-state index in [0.717, 1.165) is 25.7 Å². The minimum atomic E-state index is -0.500. The van der Waals surface area contributed by atoms with Crippen molar-refractivity contribution in [3.63, 3.8) is 0 Å². The highest BCUT2D eigenvalue weighted by molar-refractivity contribution is 5.95. The average molecular weight is 305 g/mol. The minimum Gasteiger partial charge on any atom is -0.350 e. The maximum Gasteiger partial charge on any atom is 0.237 e. The van der Waals surface area contributed by atoms with Crippen LogP contribution in [0, 0.1) is 5.82 Å². The van der Waals surface area contributed by atoms with Crippen LogP contribution in [0.15, 0.2) is 24.3 Å². The first-order valence-electron chi connectivity index (χ1n) is 7.73. The Bertz CT molecular complexity index is 561. The molecule has 1 heterocycles. The van der Waals surface area contributed by atoms with Crippen molar-refractivity contribution in [1.29, 1.82) is 0 Å². The molecular weight excluding hydrogens is 285 g/mol. The zero-order chi connectivity index (χ0) is 15.5. The Morgan fingerprint density at radius 3 is 2.59 bits per heavy atom. The third-order valence-electron chi connectivity index (χ3n) is 4.34. The number of amides is 2. The molecule has 1 aliphatic heterocycles. The molecule has 2 fully saturated rings. The van der Waals surface area contributed by atoms with Crippen molar-refractivity contribution in [2.45, 2.75) is 50.2 Å². The van der Waals surface area contributed by atoms with E-state index in [1.54, 1.807) is 0 Å². The highest BCUT2D eigenvalue weighted by Crippen LogP contribution is 2.22. The number of piperazine rings is 1. The number of anilines is 1. The van der Waals surface area contributed by atoms with Crippen molar-refractivity contribution in [3.8, 4) is 0 Å². The van der Waals surface area contributed by atoms with Gasteiger partial charge in [-0.05, 0) is 37.1 Å². The predicted molar refractivity (Wildman–Crippen MR) is 80.8 cm³/mol. The number of hydrogen-bond donors (Lipinski definition) is 3. The van der Waals surface area contributed by atoms with Gasteiger partial charge in [0.1, 0.15) is 5.82 Å². The molecule has 6 heteroatoms. The Morgan fingerprint density at radius 2 is 1.86 bits per heavy atom. The van der Waals surface area contributed by atoms with Crippen LogP contribution in [0.5, 0.6) is 0 Å². The molecule has 2 amide bonds. The molecule has 5 nitrogen and oxygen atoms in total.